The summed E-state index contributed by atoms with van der Waals surface area (Å²) in [6, 6.07) is 5.77. The molecule has 1 fully saturated rings. The lowest BCUT2D eigenvalue weighted by atomic mass is 10.2. The minimum absolute atomic E-state index is 0.107. The zero-order chi connectivity index (χ0) is 20.6. The van der Waals surface area contributed by atoms with E-state index >= 15 is 0 Å². The number of aryl methyl sites for hydroxylation is 1. The molecule has 1 aliphatic heterocycles. The number of sulfonamides is 1. The van der Waals surface area contributed by atoms with Crippen LogP contribution >= 0.6 is 11.3 Å². The molecule has 0 atom stereocenters. The van der Waals surface area contributed by atoms with Gasteiger partial charge in [0.2, 0.25) is 10.0 Å². The largest absolute Gasteiger partial charge is 0.316 e. The topological polar surface area (TPSA) is 101 Å². The van der Waals surface area contributed by atoms with Gasteiger partial charge in [-0.3, -0.25) is 14.0 Å². The number of amides is 1. The van der Waals surface area contributed by atoms with Gasteiger partial charge in [-0.25, -0.2) is 13.4 Å². The van der Waals surface area contributed by atoms with Crippen LogP contribution in [0.1, 0.15) is 35.3 Å². The van der Waals surface area contributed by atoms with Gasteiger partial charge in [0.05, 0.1) is 10.6 Å². The molecule has 1 aliphatic rings. The van der Waals surface area contributed by atoms with Gasteiger partial charge in [-0.1, -0.05) is 6.42 Å². The molecule has 152 valence electrons. The molecule has 1 saturated heterocycles. The number of piperidine rings is 1. The van der Waals surface area contributed by atoms with Crippen LogP contribution < -0.4 is 10.9 Å². The third-order valence-electron chi connectivity index (χ3n) is 4.96. The van der Waals surface area contributed by atoms with Crippen molar-refractivity contribution in [1.29, 1.82) is 0 Å². The average molecular weight is 433 g/mol. The van der Waals surface area contributed by atoms with E-state index in [0.717, 1.165) is 19.3 Å². The smallest absolute Gasteiger partial charge is 0.282 e. The molecular formula is C19H20N4O4S2. The van der Waals surface area contributed by atoms with Crippen molar-refractivity contribution in [3.8, 4) is 0 Å². The van der Waals surface area contributed by atoms with Crippen molar-refractivity contribution in [2.24, 2.45) is 0 Å². The lowest BCUT2D eigenvalue weighted by Gasteiger charge is -2.25. The molecule has 0 radical (unpaired) electrons. The van der Waals surface area contributed by atoms with Gasteiger partial charge in [0, 0.05) is 30.2 Å². The summed E-state index contributed by atoms with van der Waals surface area (Å²) >= 11 is 1.33. The number of carbonyl (C=O) groups is 1. The molecule has 4 rings (SSSR count). The minimum atomic E-state index is -3.56. The van der Waals surface area contributed by atoms with Crippen LogP contribution in [0.4, 0.5) is 5.69 Å². The molecule has 10 heteroatoms. The van der Waals surface area contributed by atoms with Gasteiger partial charge >= 0.3 is 0 Å². The molecular weight excluding hydrogens is 412 g/mol. The molecule has 3 aromatic rings. The SMILES string of the molecule is Cc1nc2sccn2c(=O)c1NC(=O)c1ccc(S(=O)(=O)N2CCCCC2)cc1. The Kier molecular flexibility index (Phi) is 5.24. The highest BCUT2D eigenvalue weighted by Crippen LogP contribution is 2.21. The van der Waals surface area contributed by atoms with Crippen molar-refractivity contribution in [2.45, 2.75) is 31.1 Å². The van der Waals surface area contributed by atoms with Crippen molar-refractivity contribution in [2.75, 3.05) is 18.4 Å². The maximum atomic E-state index is 12.7. The predicted molar refractivity (Wildman–Crippen MR) is 111 cm³/mol. The van der Waals surface area contributed by atoms with Crippen molar-refractivity contribution in [3.63, 3.8) is 0 Å². The number of anilines is 1. The Hall–Kier alpha value is -2.56. The normalized spacial score (nSPS) is 15.5. The number of hydrogen-bond acceptors (Lipinski definition) is 6. The molecule has 0 aliphatic carbocycles. The Morgan fingerprint density at radius 3 is 2.52 bits per heavy atom. The molecule has 29 heavy (non-hydrogen) atoms. The summed E-state index contributed by atoms with van der Waals surface area (Å²) in [6.45, 7) is 2.70. The van der Waals surface area contributed by atoms with Crippen LogP contribution in [0.2, 0.25) is 0 Å². The first-order chi connectivity index (χ1) is 13.9. The van der Waals surface area contributed by atoms with Gasteiger partial charge < -0.3 is 5.32 Å². The Balaban J connectivity index is 1.57. The van der Waals surface area contributed by atoms with Crippen LogP contribution in [0.5, 0.6) is 0 Å². The first kappa shape index (κ1) is 19.7. The zero-order valence-electron chi connectivity index (χ0n) is 15.8. The standard InChI is InChI=1S/C19H20N4O4S2/c1-13-16(18(25)23-11-12-28-19(23)20-13)21-17(24)14-5-7-15(8-6-14)29(26,27)22-9-3-2-4-10-22/h5-8,11-12H,2-4,9-10H2,1H3,(H,21,24). The Bertz CT molecular complexity index is 1220. The fourth-order valence-electron chi connectivity index (χ4n) is 3.34. The Labute approximate surface area is 171 Å². The number of carbonyl (C=O) groups excluding carboxylic acids is 1. The lowest BCUT2D eigenvalue weighted by molar-refractivity contribution is 0.102. The van der Waals surface area contributed by atoms with E-state index in [9.17, 15) is 18.0 Å². The third-order valence-corrected chi connectivity index (χ3v) is 7.62. The monoisotopic (exact) mass is 432 g/mol. The molecule has 1 amide bonds. The van der Waals surface area contributed by atoms with Gasteiger partial charge in [-0.05, 0) is 44.0 Å². The molecule has 0 bridgehead atoms. The highest BCUT2D eigenvalue weighted by Gasteiger charge is 2.26. The molecule has 3 heterocycles. The minimum Gasteiger partial charge on any atom is -0.316 e. The van der Waals surface area contributed by atoms with Gasteiger partial charge in [0.25, 0.3) is 11.5 Å². The van der Waals surface area contributed by atoms with Crippen LogP contribution in [0, 0.1) is 6.92 Å². The molecule has 0 spiro atoms. The van der Waals surface area contributed by atoms with Crippen LogP contribution in [-0.4, -0.2) is 41.1 Å². The van der Waals surface area contributed by atoms with Gasteiger partial charge in [0.1, 0.15) is 5.69 Å². The van der Waals surface area contributed by atoms with E-state index in [1.165, 1.54) is 44.3 Å². The lowest BCUT2D eigenvalue weighted by Crippen LogP contribution is -2.35. The highest BCUT2D eigenvalue weighted by molar-refractivity contribution is 7.89. The quantitative estimate of drug-likeness (QED) is 0.683. The van der Waals surface area contributed by atoms with Crippen LogP contribution in [0.25, 0.3) is 4.96 Å². The second-order valence-corrected chi connectivity index (χ2v) is 9.69. The van der Waals surface area contributed by atoms with Gasteiger partial charge in [-0.2, -0.15) is 4.31 Å². The maximum absolute atomic E-state index is 12.7. The number of thiazole rings is 1. The molecule has 0 unspecified atom stereocenters. The number of nitrogens with one attached hydrogen (secondary N) is 1. The maximum Gasteiger partial charge on any atom is 0.282 e. The second kappa shape index (κ2) is 7.69. The van der Waals surface area contributed by atoms with E-state index < -0.39 is 15.9 Å². The molecule has 1 N–H and O–H groups in total. The summed E-state index contributed by atoms with van der Waals surface area (Å²) in [6.07, 6.45) is 4.36. The fraction of sp³-hybridized carbons (Fsp3) is 0.316. The van der Waals surface area contributed by atoms with E-state index in [1.54, 1.807) is 18.5 Å². The first-order valence-corrected chi connectivity index (χ1v) is 11.6. The average Bonchev–Trinajstić information content (AvgIpc) is 3.20. The number of nitrogens with zero attached hydrogens (tertiary/aromatic N) is 3. The Morgan fingerprint density at radius 2 is 1.83 bits per heavy atom. The van der Waals surface area contributed by atoms with Crippen LogP contribution in [0.3, 0.4) is 0 Å². The van der Waals surface area contributed by atoms with E-state index in [1.807, 2.05) is 0 Å². The van der Waals surface area contributed by atoms with E-state index in [0.29, 0.717) is 23.7 Å². The summed E-state index contributed by atoms with van der Waals surface area (Å²) in [4.78, 5) is 30.2. The highest BCUT2D eigenvalue weighted by atomic mass is 32.2. The fourth-order valence-corrected chi connectivity index (χ4v) is 5.61. The van der Waals surface area contributed by atoms with Crippen LogP contribution in [0.15, 0.2) is 45.5 Å². The number of fused-ring (bicyclic) bond motifs is 1. The Morgan fingerprint density at radius 1 is 1.14 bits per heavy atom. The van der Waals surface area contributed by atoms with Crippen molar-refractivity contribution >= 4 is 37.9 Å². The first-order valence-electron chi connectivity index (χ1n) is 9.26. The third kappa shape index (κ3) is 3.70. The van der Waals surface area contributed by atoms with Crippen molar-refractivity contribution in [1.82, 2.24) is 13.7 Å². The van der Waals surface area contributed by atoms with Gasteiger partial charge in [-0.15, -0.1) is 11.3 Å². The van der Waals surface area contributed by atoms with Crippen molar-refractivity contribution in [3.05, 3.63) is 57.5 Å². The molecule has 2 aromatic heterocycles. The van der Waals surface area contributed by atoms with Gasteiger partial charge in [0.15, 0.2) is 4.96 Å². The van der Waals surface area contributed by atoms with E-state index in [2.05, 4.69) is 10.3 Å². The summed E-state index contributed by atoms with van der Waals surface area (Å²) in [5.74, 6) is -0.496. The summed E-state index contributed by atoms with van der Waals surface area (Å²) in [5.41, 5.74) is 0.439. The molecule has 8 nitrogen and oxygen atoms in total. The second-order valence-electron chi connectivity index (χ2n) is 6.88. The van der Waals surface area contributed by atoms with E-state index in [-0.39, 0.29) is 21.7 Å². The van der Waals surface area contributed by atoms with Crippen molar-refractivity contribution < 1.29 is 13.2 Å². The number of rotatable bonds is 4. The zero-order valence-corrected chi connectivity index (χ0v) is 17.4. The summed E-state index contributed by atoms with van der Waals surface area (Å²) in [7, 11) is -3.56. The predicted octanol–water partition coefficient (Wildman–Crippen LogP) is 2.49. The summed E-state index contributed by atoms with van der Waals surface area (Å²) in [5, 5.41) is 4.35. The summed E-state index contributed by atoms with van der Waals surface area (Å²) < 4.78 is 28.3. The van der Waals surface area contributed by atoms with Crippen LogP contribution in [-0.2, 0) is 10.0 Å². The number of aromatic nitrogens is 2. The number of benzene rings is 1. The van der Waals surface area contributed by atoms with E-state index in [4.69, 9.17) is 0 Å². The molecule has 0 saturated carbocycles. The number of hydrogen-bond donors (Lipinski definition) is 1. The molecule has 1 aromatic carbocycles.